The number of aromatic nitrogens is 1. The molecule has 1 rings (SSSR count). The molecule has 0 unspecified atom stereocenters. The van der Waals surface area contributed by atoms with Crippen LogP contribution >= 0.6 is 0 Å². The summed E-state index contributed by atoms with van der Waals surface area (Å²) in [6.45, 7) is 4.42. The van der Waals surface area contributed by atoms with Crippen LogP contribution in [-0.4, -0.2) is 17.6 Å². The lowest BCUT2D eigenvalue weighted by Gasteiger charge is -2.01. The maximum Gasteiger partial charge on any atom is 0.322 e. The van der Waals surface area contributed by atoms with Crippen molar-refractivity contribution < 1.29 is 9.21 Å². The van der Waals surface area contributed by atoms with Crippen LogP contribution in [0.5, 0.6) is 0 Å². The van der Waals surface area contributed by atoms with E-state index >= 15 is 0 Å². The number of hydrogen-bond acceptors (Lipinski definition) is 3. The Hall–Kier alpha value is -1.52. The molecule has 5 nitrogen and oxygen atoms in total. The molecule has 0 bridgehead atoms. The number of urea groups is 1. The minimum Gasteiger partial charge on any atom is -0.432 e. The van der Waals surface area contributed by atoms with E-state index in [2.05, 4.69) is 15.6 Å². The van der Waals surface area contributed by atoms with Crippen LogP contribution in [0.15, 0.2) is 10.7 Å². The van der Waals surface area contributed by atoms with Crippen LogP contribution in [-0.2, 0) is 0 Å². The van der Waals surface area contributed by atoms with Crippen LogP contribution in [0, 0.1) is 6.92 Å². The Morgan fingerprint density at radius 2 is 2.46 bits per heavy atom. The zero-order valence-electron chi connectivity index (χ0n) is 7.76. The number of nitrogens with one attached hydrogen (secondary N) is 2. The molecule has 2 N–H and O–H groups in total. The molecule has 72 valence electrons. The minimum absolute atomic E-state index is 0.228. The van der Waals surface area contributed by atoms with E-state index in [-0.39, 0.29) is 12.0 Å². The molecule has 0 saturated heterocycles. The highest BCUT2D eigenvalue weighted by Crippen LogP contribution is 2.04. The van der Waals surface area contributed by atoms with Gasteiger partial charge in [0.05, 0.1) is 5.69 Å². The molecule has 1 aromatic rings. The van der Waals surface area contributed by atoms with E-state index in [4.69, 9.17) is 4.42 Å². The lowest BCUT2D eigenvalue weighted by molar-refractivity contribution is 0.251. The SMILES string of the molecule is CCCNC(=O)Nc1nc(C)co1. The van der Waals surface area contributed by atoms with Gasteiger partial charge in [0.15, 0.2) is 0 Å². The van der Waals surface area contributed by atoms with Gasteiger partial charge in [-0.15, -0.1) is 0 Å². The van der Waals surface area contributed by atoms with Crippen molar-refractivity contribution >= 4 is 12.0 Å². The highest BCUT2D eigenvalue weighted by atomic mass is 16.4. The standard InChI is InChI=1S/C8H13N3O2/c1-3-4-9-7(12)11-8-10-6(2)5-13-8/h5H,3-4H2,1-2H3,(H2,9,10,11,12). The average molecular weight is 183 g/mol. The number of carbonyl (C=O) groups is 1. The van der Waals surface area contributed by atoms with Crippen molar-refractivity contribution in [1.29, 1.82) is 0 Å². The third-order valence-electron chi connectivity index (χ3n) is 1.38. The third-order valence-corrected chi connectivity index (χ3v) is 1.38. The lowest BCUT2D eigenvalue weighted by atomic mass is 10.5. The van der Waals surface area contributed by atoms with Crippen LogP contribution in [0.1, 0.15) is 19.0 Å². The van der Waals surface area contributed by atoms with E-state index in [9.17, 15) is 4.79 Å². The van der Waals surface area contributed by atoms with Crippen molar-refractivity contribution in [1.82, 2.24) is 10.3 Å². The fourth-order valence-corrected chi connectivity index (χ4v) is 0.791. The number of aryl methyl sites for hydroxylation is 1. The topological polar surface area (TPSA) is 67.2 Å². The van der Waals surface area contributed by atoms with E-state index in [1.165, 1.54) is 6.26 Å². The summed E-state index contributed by atoms with van der Waals surface area (Å²) in [6, 6.07) is -0.0604. The molecule has 1 aromatic heterocycles. The van der Waals surface area contributed by atoms with E-state index in [0.717, 1.165) is 12.1 Å². The number of carbonyl (C=O) groups excluding carboxylic acids is 1. The number of amides is 2. The molecule has 1 heterocycles. The predicted molar refractivity (Wildman–Crippen MR) is 48.6 cm³/mol. The zero-order valence-corrected chi connectivity index (χ0v) is 7.76. The molecule has 0 aliphatic heterocycles. The van der Waals surface area contributed by atoms with Crippen molar-refractivity contribution in [2.75, 3.05) is 11.9 Å². The molecule has 5 heteroatoms. The normalized spacial score (nSPS) is 9.69. The summed E-state index contributed by atoms with van der Waals surface area (Å²) in [5.74, 6) is 0. The molecule has 13 heavy (non-hydrogen) atoms. The summed E-state index contributed by atoms with van der Waals surface area (Å²) < 4.78 is 4.93. The van der Waals surface area contributed by atoms with Gasteiger partial charge >= 0.3 is 12.0 Å². The molecule has 0 spiro atoms. The van der Waals surface area contributed by atoms with Crippen LogP contribution in [0.4, 0.5) is 10.8 Å². The average Bonchev–Trinajstić information content (AvgIpc) is 2.48. The third kappa shape index (κ3) is 3.14. The molecule has 0 aromatic carbocycles. The van der Waals surface area contributed by atoms with Gasteiger partial charge in [-0.25, -0.2) is 4.79 Å². The van der Waals surface area contributed by atoms with Gasteiger partial charge in [0.25, 0.3) is 0 Å². The maximum absolute atomic E-state index is 11.1. The summed E-state index contributed by atoms with van der Waals surface area (Å²) in [5.41, 5.74) is 0.741. The monoisotopic (exact) mass is 183 g/mol. The number of hydrogen-bond donors (Lipinski definition) is 2. The van der Waals surface area contributed by atoms with Crippen molar-refractivity contribution in [3.63, 3.8) is 0 Å². The van der Waals surface area contributed by atoms with Gasteiger partial charge in [-0.3, -0.25) is 5.32 Å². The summed E-state index contributed by atoms with van der Waals surface area (Å²) in [6.07, 6.45) is 2.38. The smallest absolute Gasteiger partial charge is 0.322 e. The van der Waals surface area contributed by atoms with Crippen molar-refractivity contribution in [3.05, 3.63) is 12.0 Å². The number of rotatable bonds is 3. The Morgan fingerprint density at radius 3 is 3.00 bits per heavy atom. The number of anilines is 1. The lowest BCUT2D eigenvalue weighted by Crippen LogP contribution is -2.29. The maximum atomic E-state index is 11.1. The van der Waals surface area contributed by atoms with Gasteiger partial charge < -0.3 is 9.73 Å². The molecular weight excluding hydrogens is 170 g/mol. The highest BCUT2D eigenvalue weighted by Gasteiger charge is 2.04. The Labute approximate surface area is 76.5 Å². The van der Waals surface area contributed by atoms with Crippen LogP contribution in [0.2, 0.25) is 0 Å². The second kappa shape index (κ2) is 4.49. The first-order chi connectivity index (χ1) is 6.22. The molecule has 0 fully saturated rings. The second-order valence-corrected chi connectivity index (χ2v) is 2.67. The number of nitrogens with zero attached hydrogens (tertiary/aromatic N) is 1. The Bertz CT molecular complexity index is 283. The van der Waals surface area contributed by atoms with Crippen molar-refractivity contribution in [3.8, 4) is 0 Å². The predicted octanol–water partition coefficient (Wildman–Crippen LogP) is 1.51. The molecule has 2 amide bonds. The quantitative estimate of drug-likeness (QED) is 0.746. The molecule has 0 atom stereocenters. The van der Waals surface area contributed by atoms with Gasteiger partial charge in [-0.2, -0.15) is 4.98 Å². The molecule has 0 radical (unpaired) electrons. The first kappa shape index (κ1) is 9.57. The van der Waals surface area contributed by atoms with Gasteiger partial charge in [0.1, 0.15) is 6.26 Å². The van der Waals surface area contributed by atoms with Crippen LogP contribution in [0.25, 0.3) is 0 Å². The largest absolute Gasteiger partial charge is 0.432 e. The second-order valence-electron chi connectivity index (χ2n) is 2.67. The molecule has 0 aliphatic carbocycles. The first-order valence-electron chi connectivity index (χ1n) is 4.19. The van der Waals surface area contributed by atoms with Crippen molar-refractivity contribution in [2.45, 2.75) is 20.3 Å². The van der Waals surface area contributed by atoms with Gasteiger partial charge in [-0.05, 0) is 13.3 Å². The Balaban J connectivity index is 2.36. The fourth-order valence-electron chi connectivity index (χ4n) is 0.791. The molecule has 0 aliphatic rings. The van der Waals surface area contributed by atoms with E-state index in [0.29, 0.717) is 6.54 Å². The fraction of sp³-hybridized carbons (Fsp3) is 0.500. The Morgan fingerprint density at radius 1 is 1.69 bits per heavy atom. The summed E-state index contributed by atoms with van der Waals surface area (Å²) in [5, 5.41) is 5.11. The van der Waals surface area contributed by atoms with Crippen molar-refractivity contribution in [2.24, 2.45) is 0 Å². The summed E-state index contributed by atoms with van der Waals surface area (Å²) >= 11 is 0. The minimum atomic E-state index is -0.288. The highest BCUT2D eigenvalue weighted by molar-refractivity contribution is 5.86. The van der Waals surface area contributed by atoms with Crippen LogP contribution < -0.4 is 10.6 Å². The first-order valence-corrected chi connectivity index (χ1v) is 4.19. The Kier molecular flexibility index (Phi) is 3.31. The molecule has 0 saturated carbocycles. The van der Waals surface area contributed by atoms with Crippen LogP contribution in [0.3, 0.4) is 0 Å². The van der Waals surface area contributed by atoms with E-state index in [1.54, 1.807) is 6.92 Å². The van der Waals surface area contributed by atoms with E-state index in [1.807, 2.05) is 6.92 Å². The molecular formula is C8H13N3O2. The van der Waals surface area contributed by atoms with Gasteiger partial charge in [0.2, 0.25) is 0 Å². The summed E-state index contributed by atoms with van der Waals surface area (Å²) in [4.78, 5) is 15.0. The van der Waals surface area contributed by atoms with Gasteiger partial charge in [0, 0.05) is 6.54 Å². The zero-order chi connectivity index (χ0) is 9.68. The van der Waals surface area contributed by atoms with E-state index < -0.39 is 0 Å². The summed E-state index contributed by atoms with van der Waals surface area (Å²) in [7, 11) is 0. The van der Waals surface area contributed by atoms with Gasteiger partial charge in [-0.1, -0.05) is 6.92 Å². The number of oxazole rings is 1.